The molecule has 0 aromatic carbocycles. The first-order valence-electron chi connectivity index (χ1n) is 9.99. The minimum atomic E-state index is -0.932. The van der Waals surface area contributed by atoms with E-state index in [9.17, 15) is 14.4 Å². The Hall–Kier alpha value is -1.39. The highest BCUT2D eigenvalue weighted by molar-refractivity contribution is 6.33. The molecule has 0 saturated carbocycles. The number of carbonyl (C=O) groups excluding carboxylic acids is 2. The molecule has 25 heavy (non-hydrogen) atoms. The number of ether oxygens (including phenoxy) is 1. The fourth-order valence-corrected chi connectivity index (χ4v) is 2.70. The number of Topliss-reactive ketones (excluding diaryl/α,β-unsaturated/α-hetero) is 1. The standard InChI is InChI=1S/C20H36O5/c1-2-3-4-5-6-7-8-9-10-11-12-13-15-18(21)20(24)25-17-14-16-19(22)23/h2-17H2,1H3,(H,22,23). The van der Waals surface area contributed by atoms with Crippen molar-refractivity contribution in [3.05, 3.63) is 0 Å². The number of aliphatic carboxylic acids is 1. The monoisotopic (exact) mass is 356 g/mol. The van der Waals surface area contributed by atoms with E-state index in [4.69, 9.17) is 9.84 Å². The molecule has 0 fully saturated rings. The SMILES string of the molecule is CCCCCCCCCCCCCCC(=O)C(=O)OCCCC(=O)O. The number of ketones is 1. The van der Waals surface area contributed by atoms with Crippen LogP contribution in [0.2, 0.25) is 0 Å². The van der Waals surface area contributed by atoms with Crippen molar-refractivity contribution in [3.63, 3.8) is 0 Å². The largest absolute Gasteiger partial charge is 0.481 e. The summed E-state index contributed by atoms with van der Waals surface area (Å²) in [6.07, 6.45) is 15.0. The number of rotatable bonds is 18. The highest BCUT2D eigenvalue weighted by atomic mass is 16.5. The third-order valence-corrected chi connectivity index (χ3v) is 4.25. The van der Waals surface area contributed by atoms with Crippen molar-refractivity contribution in [1.29, 1.82) is 0 Å². The maximum Gasteiger partial charge on any atom is 0.374 e. The van der Waals surface area contributed by atoms with Gasteiger partial charge in [-0.05, 0) is 12.8 Å². The van der Waals surface area contributed by atoms with E-state index in [2.05, 4.69) is 6.92 Å². The zero-order valence-corrected chi connectivity index (χ0v) is 15.9. The maximum atomic E-state index is 11.6. The molecule has 0 rings (SSSR count). The van der Waals surface area contributed by atoms with Crippen LogP contribution >= 0.6 is 0 Å². The van der Waals surface area contributed by atoms with Crippen molar-refractivity contribution in [1.82, 2.24) is 0 Å². The molecule has 5 heteroatoms. The Morgan fingerprint density at radius 3 is 1.64 bits per heavy atom. The summed E-state index contributed by atoms with van der Waals surface area (Å²) in [6, 6.07) is 0. The average molecular weight is 357 g/mol. The predicted octanol–water partition coefficient (Wildman–Crippen LogP) is 5.05. The summed E-state index contributed by atoms with van der Waals surface area (Å²) in [4.78, 5) is 33.3. The molecule has 0 saturated heterocycles. The second kappa shape index (κ2) is 17.4. The minimum absolute atomic E-state index is 0.00465. The lowest BCUT2D eigenvalue weighted by Gasteiger charge is -2.04. The fourth-order valence-electron chi connectivity index (χ4n) is 2.70. The van der Waals surface area contributed by atoms with Gasteiger partial charge in [-0.1, -0.05) is 77.6 Å². The fraction of sp³-hybridized carbons (Fsp3) is 0.850. The molecule has 1 N–H and O–H groups in total. The van der Waals surface area contributed by atoms with Gasteiger partial charge in [-0.25, -0.2) is 4.79 Å². The molecular weight excluding hydrogens is 320 g/mol. The summed E-state index contributed by atoms with van der Waals surface area (Å²) in [7, 11) is 0. The molecule has 0 bridgehead atoms. The number of esters is 1. The summed E-state index contributed by atoms with van der Waals surface area (Å²) < 4.78 is 4.76. The molecule has 0 atom stereocenters. The van der Waals surface area contributed by atoms with Crippen molar-refractivity contribution >= 4 is 17.7 Å². The second-order valence-electron chi connectivity index (χ2n) is 6.70. The lowest BCUT2D eigenvalue weighted by Crippen LogP contribution is -2.18. The Morgan fingerprint density at radius 2 is 1.16 bits per heavy atom. The van der Waals surface area contributed by atoms with Crippen LogP contribution in [0.4, 0.5) is 0 Å². The molecule has 0 radical (unpaired) electrons. The van der Waals surface area contributed by atoms with Crippen molar-refractivity contribution in [3.8, 4) is 0 Å². The van der Waals surface area contributed by atoms with E-state index < -0.39 is 17.7 Å². The van der Waals surface area contributed by atoms with Gasteiger partial charge in [-0.3, -0.25) is 9.59 Å². The molecule has 0 aliphatic carbocycles. The summed E-state index contributed by atoms with van der Waals surface area (Å²) in [5, 5.41) is 8.46. The molecule has 146 valence electrons. The van der Waals surface area contributed by atoms with Crippen LogP contribution in [0, 0.1) is 0 Å². The van der Waals surface area contributed by atoms with E-state index in [-0.39, 0.29) is 25.9 Å². The van der Waals surface area contributed by atoms with Crippen LogP contribution in [0.25, 0.3) is 0 Å². The van der Waals surface area contributed by atoms with E-state index in [1.54, 1.807) is 0 Å². The maximum absolute atomic E-state index is 11.6. The molecule has 0 spiro atoms. The number of carboxylic acids is 1. The number of carbonyl (C=O) groups is 3. The molecule has 0 aliphatic rings. The molecule has 5 nitrogen and oxygen atoms in total. The van der Waals surface area contributed by atoms with Crippen molar-refractivity contribution in [2.24, 2.45) is 0 Å². The summed E-state index contributed by atoms with van der Waals surface area (Å²) in [5.41, 5.74) is 0. The van der Waals surface area contributed by atoms with Gasteiger partial charge < -0.3 is 9.84 Å². The quantitative estimate of drug-likeness (QED) is 0.211. The van der Waals surface area contributed by atoms with Gasteiger partial charge in [0.05, 0.1) is 6.61 Å². The lowest BCUT2D eigenvalue weighted by atomic mass is 10.0. The Kier molecular flexibility index (Phi) is 16.5. The van der Waals surface area contributed by atoms with Crippen molar-refractivity contribution in [2.45, 2.75) is 103 Å². The minimum Gasteiger partial charge on any atom is -0.481 e. The van der Waals surface area contributed by atoms with Gasteiger partial charge in [-0.2, -0.15) is 0 Å². The van der Waals surface area contributed by atoms with Crippen LogP contribution < -0.4 is 0 Å². The smallest absolute Gasteiger partial charge is 0.374 e. The highest BCUT2D eigenvalue weighted by Crippen LogP contribution is 2.12. The molecule has 0 aliphatic heterocycles. The molecule has 0 unspecified atom stereocenters. The summed E-state index contributed by atoms with van der Waals surface area (Å²) >= 11 is 0. The third-order valence-electron chi connectivity index (χ3n) is 4.25. The molecule has 0 heterocycles. The van der Waals surface area contributed by atoms with Gasteiger partial charge in [0.15, 0.2) is 0 Å². The van der Waals surface area contributed by atoms with Crippen LogP contribution in [-0.4, -0.2) is 29.4 Å². The predicted molar refractivity (Wildman–Crippen MR) is 98.5 cm³/mol. The molecule has 0 amide bonds. The van der Waals surface area contributed by atoms with Gasteiger partial charge in [0.1, 0.15) is 0 Å². The topological polar surface area (TPSA) is 80.7 Å². The molecule has 0 aromatic heterocycles. The Labute approximate surface area is 152 Å². The van der Waals surface area contributed by atoms with Crippen LogP contribution in [-0.2, 0) is 19.1 Å². The van der Waals surface area contributed by atoms with E-state index in [1.165, 1.54) is 57.8 Å². The van der Waals surface area contributed by atoms with E-state index in [0.717, 1.165) is 19.3 Å². The van der Waals surface area contributed by atoms with Crippen molar-refractivity contribution < 1.29 is 24.2 Å². The molecular formula is C20H36O5. The third kappa shape index (κ3) is 17.2. The van der Waals surface area contributed by atoms with Gasteiger partial charge in [0, 0.05) is 12.8 Å². The Balaban J connectivity index is 3.34. The number of hydrogen-bond acceptors (Lipinski definition) is 4. The Morgan fingerprint density at radius 1 is 0.680 bits per heavy atom. The van der Waals surface area contributed by atoms with Crippen LogP contribution in [0.15, 0.2) is 0 Å². The first-order valence-corrected chi connectivity index (χ1v) is 9.99. The van der Waals surface area contributed by atoms with Gasteiger partial charge in [0.25, 0.3) is 0 Å². The molecule has 0 aromatic rings. The van der Waals surface area contributed by atoms with Gasteiger partial charge in [0.2, 0.25) is 5.78 Å². The first-order chi connectivity index (χ1) is 12.1. The van der Waals surface area contributed by atoms with E-state index in [0.29, 0.717) is 0 Å². The normalized spacial score (nSPS) is 10.6. The summed E-state index contributed by atoms with van der Waals surface area (Å²) in [6.45, 7) is 2.23. The van der Waals surface area contributed by atoms with Crippen LogP contribution in [0.1, 0.15) is 103 Å². The van der Waals surface area contributed by atoms with E-state index >= 15 is 0 Å². The first kappa shape index (κ1) is 23.6. The zero-order valence-electron chi connectivity index (χ0n) is 15.9. The number of unbranched alkanes of at least 4 members (excludes halogenated alkanes) is 11. The number of carboxylic acid groups (broad SMARTS) is 1. The summed E-state index contributed by atoms with van der Waals surface area (Å²) in [5.74, 6) is -2.25. The second-order valence-corrected chi connectivity index (χ2v) is 6.70. The highest BCUT2D eigenvalue weighted by Gasteiger charge is 2.14. The lowest BCUT2D eigenvalue weighted by molar-refractivity contribution is -0.154. The van der Waals surface area contributed by atoms with Gasteiger partial charge >= 0.3 is 11.9 Å². The number of hydrogen-bond donors (Lipinski definition) is 1. The Bertz CT molecular complexity index is 365. The zero-order chi connectivity index (χ0) is 18.8. The van der Waals surface area contributed by atoms with Gasteiger partial charge in [-0.15, -0.1) is 0 Å². The van der Waals surface area contributed by atoms with Crippen LogP contribution in [0.3, 0.4) is 0 Å². The van der Waals surface area contributed by atoms with Crippen molar-refractivity contribution in [2.75, 3.05) is 6.61 Å². The van der Waals surface area contributed by atoms with Crippen LogP contribution in [0.5, 0.6) is 0 Å². The average Bonchev–Trinajstić information content (AvgIpc) is 2.59. The van der Waals surface area contributed by atoms with E-state index in [1.807, 2.05) is 0 Å².